The molecule has 0 spiro atoms. The molecule has 0 fully saturated rings. The summed E-state index contributed by atoms with van der Waals surface area (Å²) in [5, 5.41) is 3.70. The van der Waals surface area contributed by atoms with Crippen molar-refractivity contribution in [2.45, 2.75) is 46.2 Å². The van der Waals surface area contributed by atoms with Gasteiger partial charge in [0.1, 0.15) is 11.9 Å². The molecule has 0 aliphatic heterocycles. The van der Waals surface area contributed by atoms with E-state index in [4.69, 9.17) is 23.2 Å². The van der Waals surface area contributed by atoms with Crippen LogP contribution in [0.15, 0.2) is 42.5 Å². The summed E-state index contributed by atoms with van der Waals surface area (Å²) in [6.07, 6.45) is 0.404. The van der Waals surface area contributed by atoms with Crippen LogP contribution in [0.4, 0.5) is 4.39 Å². The Morgan fingerprint density at radius 2 is 1.67 bits per heavy atom. The standard InChI is InChI=1S/C23H27Cl2FN2O2/c1-4-21(23(30)27-13-15(2)3)28(14-16-8-10-17(26)11-9-16)22(29)12-18-19(24)6-5-7-20(18)25/h5-11,15,21H,4,12-14H2,1-3H3,(H,27,30)/t21-/m0/s1. The second-order valence-electron chi connectivity index (χ2n) is 7.59. The third-order valence-electron chi connectivity index (χ3n) is 4.73. The van der Waals surface area contributed by atoms with Crippen LogP contribution in [-0.2, 0) is 22.6 Å². The van der Waals surface area contributed by atoms with Crippen LogP contribution in [0.1, 0.15) is 38.3 Å². The van der Waals surface area contributed by atoms with Crippen molar-refractivity contribution in [1.29, 1.82) is 0 Å². The molecular weight excluding hydrogens is 426 g/mol. The van der Waals surface area contributed by atoms with Gasteiger partial charge in [-0.25, -0.2) is 4.39 Å². The van der Waals surface area contributed by atoms with Crippen LogP contribution in [0, 0.1) is 11.7 Å². The number of carbonyl (C=O) groups is 2. The van der Waals surface area contributed by atoms with Gasteiger partial charge in [-0.2, -0.15) is 0 Å². The molecule has 0 aliphatic carbocycles. The number of carbonyl (C=O) groups excluding carboxylic acids is 2. The summed E-state index contributed by atoms with van der Waals surface area (Å²) in [6.45, 7) is 6.55. The molecule has 2 amide bonds. The van der Waals surface area contributed by atoms with Crippen molar-refractivity contribution >= 4 is 35.0 Å². The Morgan fingerprint density at radius 1 is 1.07 bits per heavy atom. The molecule has 2 rings (SSSR count). The second kappa shape index (κ2) is 11.3. The topological polar surface area (TPSA) is 49.4 Å². The van der Waals surface area contributed by atoms with Gasteiger partial charge in [-0.05, 0) is 47.7 Å². The number of nitrogens with one attached hydrogen (secondary N) is 1. The van der Waals surface area contributed by atoms with Crippen molar-refractivity contribution in [3.05, 3.63) is 69.5 Å². The van der Waals surface area contributed by atoms with Crippen LogP contribution in [0.3, 0.4) is 0 Å². The smallest absolute Gasteiger partial charge is 0.242 e. The van der Waals surface area contributed by atoms with Gasteiger partial charge in [0.05, 0.1) is 6.42 Å². The number of nitrogens with zero attached hydrogens (tertiary/aromatic N) is 1. The summed E-state index contributed by atoms with van der Waals surface area (Å²) < 4.78 is 13.3. The highest BCUT2D eigenvalue weighted by molar-refractivity contribution is 6.36. The van der Waals surface area contributed by atoms with E-state index < -0.39 is 6.04 Å². The van der Waals surface area contributed by atoms with Crippen molar-refractivity contribution in [2.24, 2.45) is 5.92 Å². The van der Waals surface area contributed by atoms with Crippen LogP contribution in [-0.4, -0.2) is 29.3 Å². The molecule has 0 bridgehead atoms. The molecular formula is C23H27Cl2FN2O2. The molecule has 2 aromatic rings. The number of hydrogen-bond donors (Lipinski definition) is 1. The molecule has 1 atom stereocenters. The van der Waals surface area contributed by atoms with E-state index in [1.165, 1.54) is 17.0 Å². The first-order chi connectivity index (χ1) is 14.2. The lowest BCUT2D eigenvalue weighted by atomic mass is 10.1. The Morgan fingerprint density at radius 3 is 2.20 bits per heavy atom. The summed E-state index contributed by atoms with van der Waals surface area (Å²) in [5.41, 5.74) is 1.25. The lowest BCUT2D eigenvalue weighted by Crippen LogP contribution is -2.50. The van der Waals surface area contributed by atoms with E-state index in [0.717, 1.165) is 5.56 Å². The quantitative estimate of drug-likeness (QED) is 0.564. The van der Waals surface area contributed by atoms with Crippen LogP contribution >= 0.6 is 23.2 Å². The van der Waals surface area contributed by atoms with Gasteiger partial charge < -0.3 is 10.2 Å². The zero-order valence-electron chi connectivity index (χ0n) is 17.4. The van der Waals surface area contributed by atoms with Crippen LogP contribution in [0.2, 0.25) is 10.0 Å². The van der Waals surface area contributed by atoms with Crippen molar-refractivity contribution in [3.8, 4) is 0 Å². The zero-order chi connectivity index (χ0) is 22.3. The molecule has 0 aliphatic rings. The van der Waals surface area contributed by atoms with Crippen molar-refractivity contribution in [1.82, 2.24) is 10.2 Å². The predicted molar refractivity (Wildman–Crippen MR) is 119 cm³/mol. The monoisotopic (exact) mass is 452 g/mol. The first kappa shape index (κ1) is 24.2. The molecule has 0 aromatic heterocycles. The van der Waals surface area contributed by atoms with Gasteiger partial charge in [-0.15, -0.1) is 0 Å². The first-order valence-corrected chi connectivity index (χ1v) is 10.7. The molecule has 0 radical (unpaired) electrons. The van der Waals surface area contributed by atoms with E-state index in [9.17, 15) is 14.0 Å². The molecule has 0 saturated heterocycles. The van der Waals surface area contributed by atoms with Crippen LogP contribution in [0.25, 0.3) is 0 Å². The molecule has 0 saturated carbocycles. The molecule has 4 nitrogen and oxygen atoms in total. The van der Waals surface area contributed by atoms with E-state index in [1.54, 1.807) is 30.3 Å². The van der Waals surface area contributed by atoms with Gasteiger partial charge in [0, 0.05) is 23.1 Å². The number of halogens is 3. The molecule has 0 heterocycles. The minimum atomic E-state index is -0.664. The Hall–Kier alpha value is -2.11. The fourth-order valence-electron chi connectivity index (χ4n) is 3.08. The maximum absolute atomic E-state index is 13.3. The molecule has 162 valence electrons. The highest BCUT2D eigenvalue weighted by atomic mass is 35.5. The minimum absolute atomic E-state index is 0.0341. The highest BCUT2D eigenvalue weighted by Crippen LogP contribution is 2.26. The summed E-state index contributed by atoms with van der Waals surface area (Å²) >= 11 is 12.5. The van der Waals surface area contributed by atoms with E-state index in [2.05, 4.69) is 5.32 Å². The zero-order valence-corrected chi connectivity index (χ0v) is 18.9. The lowest BCUT2D eigenvalue weighted by molar-refractivity contribution is -0.141. The SMILES string of the molecule is CC[C@@H](C(=O)NCC(C)C)N(Cc1ccc(F)cc1)C(=O)Cc1c(Cl)cccc1Cl. The molecule has 1 N–H and O–H groups in total. The molecule has 30 heavy (non-hydrogen) atoms. The Kier molecular flexibility index (Phi) is 9.12. The average molecular weight is 453 g/mol. The number of hydrogen-bond acceptors (Lipinski definition) is 2. The summed E-state index contributed by atoms with van der Waals surface area (Å²) in [6, 6.07) is 10.3. The molecule has 2 aromatic carbocycles. The third-order valence-corrected chi connectivity index (χ3v) is 5.43. The fraction of sp³-hybridized carbons (Fsp3) is 0.391. The van der Waals surface area contributed by atoms with E-state index >= 15 is 0 Å². The van der Waals surface area contributed by atoms with Gasteiger partial charge in [-0.3, -0.25) is 9.59 Å². The first-order valence-electron chi connectivity index (χ1n) is 9.97. The van der Waals surface area contributed by atoms with Gasteiger partial charge in [0.15, 0.2) is 0 Å². The lowest BCUT2D eigenvalue weighted by Gasteiger charge is -2.31. The van der Waals surface area contributed by atoms with Gasteiger partial charge in [-0.1, -0.05) is 62.2 Å². The Labute approximate surface area is 187 Å². The summed E-state index contributed by atoms with van der Waals surface area (Å²) in [4.78, 5) is 27.6. The van der Waals surface area contributed by atoms with Crippen molar-refractivity contribution < 1.29 is 14.0 Å². The van der Waals surface area contributed by atoms with Crippen LogP contribution < -0.4 is 5.32 Å². The fourth-order valence-corrected chi connectivity index (χ4v) is 3.61. The van der Waals surface area contributed by atoms with Crippen molar-refractivity contribution in [2.75, 3.05) is 6.54 Å². The van der Waals surface area contributed by atoms with Gasteiger partial charge >= 0.3 is 0 Å². The Balaban J connectivity index is 2.32. The van der Waals surface area contributed by atoms with Gasteiger partial charge in [0.25, 0.3) is 0 Å². The highest BCUT2D eigenvalue weighted by Gasteiger charge is 2.29. The Bertz CT molecular complexity index is 852. The maximum Gasteiger partial charge on any atom is 0.242 e. The minimum Gasteiger partial charge on any atom is -0.354 e. The van der Waals surface area contributed by atoms with E-state index in [1.807, 2.05) is 20.8 Å². The number of benzene rings is 2. The average Bonchev–Trinajstić information content (AvgIpc) is 2.70. The predicted octanol–water partition coefficient (Wildman–Crippen LogP) is 5.25. The number of rotatable bonds is 9. The normalized spacial score (nSPS) is 12.0. The maximum atomic E-state index is 13.3. The van der Waals surface area contributed by atoms with Crippen LogP contribution in [0.5, 0.6) is 0 Å². The third kappa shape index (κ3) is 6.71. The summed E-state index contributed by atoms with van der Waals surface area (Å²) in [7, 11) is 0. The van der Waals surface area contributed by atoms with E-state index in [0.29, 0.717) is 28.6 Å². The second-order valence-corrected chi connectivity index (χ2v) is 8.40. The summed E-state index contributed by atoms with van der Waals surface area (Å²) in [5.74, 6) is -0.566. The van der Waals surface area contributed by atoms with Crippen molar-refractivity contribution in [3.63, 3.8) is 0 Å². The number of amides is 2. The van der Waals surface area contributed by atoms with Gasteiger partial charge in [0.2, 0.25) is 11.8 Å². The molecule has 0 unspecified atom stereocenters. The van der Waals surface area contributed by atoms with E-state index in [-0.39, 0.29) is 36.5 Å². The molecule has 7 heteroatoms. The largest absolute Gasteiger partial charge is 0.354 e.